The molecule has 11 heavy (non-hydrogen) atoms. The maximum Gasteiger partial charge on any atom is 0.177 e. The Balaban J connectivity index is 3.28. The second-order valence-electron chi connectivity index (χ2n) is 2.11. The third-order valence-electron chi connectivity index (χ3n) is 1.11. The van der Waals surface area contributed by atoms with Gasteiger partial charge in [-0.1, -0.05) is 11.6 Å². The molecule has 60 valence electrons. The first kappa shape index (κ1) is 8.49. The van der Waals surface area contributed by atoms with E-state index in [1.807, 2.05) is 0 Å². The highest BCUT2D eigenvalue weighted by Gasteiger charge is 2.06. The van der Waals surface area contributed by atoms with Crippen LogP contribution in [0.15, 0.2) is 23.4 Å². The SMILES string of the molecule is CS(=O)(=O)c1cncc(Cl)c1. The first-order valence-electron chi connectivity index (χ1n) is 2.81. The molecular formula is C6H6ClNO2S. The molecule has 0 bridgehead atoms. The monoisotopic (exact) mass is 191 g/mol. The number of rotatable bonds is 1. The Labute approximate surface area is 69.9 Å². The average molecular weight is 192 g/mol. The van der Waals surface area contributed by atoms with Crippen molar-refractivity contribution in [1.29, 1.82) is 0 Å². The highest BCUT2D eigenvalue weighted by molar-refractivity contribution is 7.90. The highest BCUT2D eigenvalue weighted by Crippen LogP contribution is 2.12. The van der Waals surface area contributed by atoms with Gasteiger partial charge in [0.1, 0.15) is 0 Å². The average Bonchev–Trinajstić information content (AvgIpc) is 1.86. The van der Waals surface area contributed by atoms with Gasteiger partial charge >= 0.3 is 0 Å². The Morgan fingerprint density at radius 1 is 1.45 bits per heavy atom. The van der Waals surface area contributed by atoms with Crippen LogP contribution in [-0.4, -0.2) is 19.7 Å². The van der Waals surface area contributed by atoms with Gasteiger partial charge in [-0.25, -0.2) is 8.42 Å². The largest absolute Gasteiger partial charge is 0.262 e. The van der Waals surface area contributed by atoms with Gasteiger partial charge in [-0.05, 0) is 6.07 Å². The fraction of sp³-hybridized carbons (Fsp3) is 0.167. The normalized spacial score (nSPS) is 11.5. The summed E-state index contributed by atoms with van der Waals surface area (Å²) in [7, 11) is -3.17. The van der Waals surface area contributed by atoms with Gasteiger partial charge in [0.15, 0.2) is 9.84 Å². The molecule has 0 saturated carbocycles. The lowest BCUT2D eigenvalue weighted by Gasteiger charge is -1.95. The number of hydrogen-bond acceptors (Lipinski definition) is 3. The molecule has 0 amide bonds. The molecule has 3 nitrogen and oxygen atoms in total. The molecule has 0 saturated heterocycles. The fourth-order valence-corrected chi connectivity index (χ4v) is 1.43. The second kappa shape index (κ2) is 2.79. The van der Waals surface area contributed by atoms with E-state index in [0.29, 0.717) is 5.02 Å². The summed E-state index contributed by atoms with van der Waals surface area (Å²) < 4.78 is 21.8. The van der Waals surface area contributed by atoms with Crippen LogP contribution in [0.4, 0.5) is 0 Å². The van der Waals surface area contributed by atoms with Crippen molar-refractivity contribution in [3.05, 3.63) is 23.5 Å². The smallest absolute Gasteiger partial charge is 0.177 e. The van der Waals surface area contributed by atoms with Gasteiger partial charge in [-0.3, -0.25) is 4.98 Å². The zero-order chi connectivity index (χ0) is 8.48. The van der Waals surface area contributed by atoms with Gasteiger partial charge in [0.2, 0.25) is 0 Å². The number of pyridine rings is 1. The van der Waals surface area contributed by atoms with Gasteiger partial charge in [0.25, 0.3) is 0 Å². The molecule has 0 radical (unpaired) electrons. The van der Waals surface area contributed by atoms with Crippen LogP contribution in [-0.2, 0) is 9.84 Å². The number of aromatic nitrogens is 1. The number of sulfone groups is 1. The van der Waals surface area contributed by atoms with Crippen LogP contribution in [0.25, 0.3) is 0 Å². The molecule has 0 N–H and O–H groups in total. The quantitative estimate of drug-likeness (QED) is 0.669. The molecule has 1 heterocycles. The van der Waals surface area contributed by atoms with Crippen LogP contribution < -0.4 is 0 Å². The Morgan fingerprint density at radius 3 is 2.45 bits per heavy atom. The van der Waals surface area contributed by atoms with Crippen molar-refractivity contribution in [1.82, 2.24) is 4.98 Å². The second-order valence-corrected chi connectivity index (χ2v) is 4.56. The molecule has 1 aromatic rings. The van der Waals surface area contributed by atoms with Crippen LogP contribution in [0.5, 0.6) is 0 Å². The first-order chi connectivity index (χ1) is 5.00. The standard InChI is InChI=1S/C6H6ClNO2S/c1-11(9,10)6-2-5(7)3-8-4-6/h2-4H,1H3. The van der Waals surface area contributed by atoms with Crippen LogP contribution in [0, 0.1) is 0 Å². The maximum atomic E-state index is 10.9. The van der Waals surface area contributed by atoms with Crippen molar-refractivity contribution in [3.8, 4) is 0 Å². The third kappa shape index (κ3) is 2.17. The van der Waals surface area contributed by atoms with E-state index in [2.05, 4.69) is 4.98 Å². The van der Waals surface area contributed by atoms with Gasteiger partial charge in [-0.15, -0.1) is 0 Å². The van der Waals surface area contributed by atoms with Gasteiger partial charge in [0.05, 0.1) is 9.92 Å². The predicted molar refractivity (Wildman–Crippen MR) is 42.4 cm³/mol. The summed E-state index contributed by atoms with van der Waals surface area (Å²) in [5.74, 6) is 0. The Kier molecular flexibility index (Phi) is 2.15. The molecule has 0 atom stereocenters. The summed E-state index contributed by atoms with van der Waals surface area (Å²) in [6.07, 6.45) is 3.76. The molecule has 0 spiro atoms. The molecule has 1 aromatic heterocycles. The lowest BCUT2D eigenvalue weighted by molar-refractivity contribution is 0.601. The number of halogens is 1. The minimum atomic E-state index is -3.17. The van der Waals surface area contributed by atoms with Gasteiger partial charge in [-0.2, -0.15) is 0 Å². The Bertz CT molecular complexity index is 361. The van der Waals surface area contributed by atoms with E-state index in [-0.39, 0.29) is 4.90 Å². The molecule has 0 aliphatic rings. The van der Waals surface area contributed by atoms with Crippen LogP contribution in [0.2, 0.25) is 5.02 Å². The molecule has 0 fully saturated rings. The van der Waals surface area contributed by atoms with Crippen LogP contribution in [0.3, 0.4) is 0 Å². The van der Waals surface area contributed by atoms with Crippen LogP contribution in [0.1, 0.15) is 0 Å². The maximum absolute atomic E-state index is 10.9. The van der Waals surface area contributed by atoms with E-state index in [4.69, 9.17) is 11.6 Å². The van der Waals surface area contributed by atoms with Crippen molar-refractivity contribution in [2.24, 2.45) is 0 Å². The summed E-state index contributed by atoms with van der Waals surface area (Å²) in [5, 5.41) is 0.327. The summed E-state index contributed by atoms with van der Waals surface area (Å²) >= 11 is 5.52. The summed E-state index contributed by atoms with van der Waals surface area (Å²) in [4.78, 5) is 3.78. The molecule has 0 unspecified atom stereocenters. The summed E-state index contributed by atoms with van der Waals surface area (Å²) in [5.41, 5.74) is 0. The summed E-state index contributed by atoms with van der Waals surface area (Å²) in [6, 6.07) is 1.36. The molecule has 1 rings (SSSR count). The minimum absolute atomic E-state index is 0.144. The van der Waals surface area contributed by atoms with E-state index in [0.717, 1.165) is 6.26 Å². The summed E-state index contributed by atoms with van der Waals surface area (Å²) in [6.45, 7) is 0. The number of nitrogens with zero attached hydrogens (tertiary/aromatic N) is 1. The molecule has 0 aliphatic heterocycles. The zero-order valence-electron chi connectivity index (χ0n) is 5.78. The molecular weight excluding hydrogens is 186 g/mol. The Hall–Kier alpha value is -0.610. The lowest BCUT2D eigenvalue weighted by atomic mass is 10.5. The number of hydrogen-bond donors (Lipinski definition) is 0. The van der Waals surface area contributed by atoms with Crippen molar-refractivity contribution in [3.63, 3.8) is 0 Å². The van der Waals surface area contributed by atoms with E-state index in [1.165, 1.54) is 18.5 Å². The van der Waals surface area contributed by atoms with Gasteiger partial charge in [0, 0.05) is 18.6 Å². The fourth-order valence-electron chi connectivity index (χ4n) is 0.595. The topological polar surface area (TPSA) is 47.0 Å². The minimum Gasteiger partial charge on any atom is -0.262 e. The van der Waals surface area contributed by atoms with E-state index in [1.54, 1.807) is 0 Å². The van der Waals surface area contributed by atoms with Crippen molar-refractivity contribution in [2.45, 2.75) is 4.90 Å². The third-order valence-corrected chi connectivity index (χ3v) is 2.39. The van der Waals surface area contributed by atoms with Crippen LogP contribution >= 0.6 is 11.6 Å². The van der Waals surface area contributed by atoms with Crippen molar-refractivity contribution < 1.29 is 8.42 Å². The Morgan fingerprint density at radius 2 is 2.09 bits per heavy atom. The van der Waals surface area contributed by atoms with E-state index < -0.39 is 9.84 Å². The van der Waals surface area contributed by atoms with E-state index >= 15 is 0 Å². The van der Waals surface area contributed by atoms with Crippen molar-refractivity contribution >= 4 is 21.4 Å². The zero-order valence-corrected chi connectivity index (χ0v) is 7.35. The van der Waals surface area contributed by atoms with Crippen molar-refractivity contribution in [2.75, 3.05) is 6.26 Å². The predicted octanol–water partition coefficient (Wildman–Crippen LogP) is 1.14. The molecule has 0 aliphatic carbocycles. The van der Waals surface area contributed by atoms with Gasteiger partial charge < -0.3 is 0 Å². The lowest BCUT2D eigenvalue weighted by Crippen LogP contribution is -1.96. The first-order valence-corrected chi connectivity index (χ1v) is 5.08. The highest BCUT2D eigenvalue weighted by atomic mass is 35.5. The molecule has 0 aromatic carbocycles. The molecule has 5 heteroatoms. The van der Waals surface area contributed by atoms with E-state index in [9.17, 15) is 8.42 Å².